The molecule has 3 N–H and O–H groups in total. The Bertz CT molecular complexity index is 285. The van der Waals surface area contributed by atoms with E-state index in [0.717, 1.165) is 24.8 Å². The number of nitrogens with one attached hydrogen (secondary N) is 3. The Kier molecular flexibility index (Phi) is 12.9. The van der Waals surface area contributed by atoms with Crippen LogP contribution in [0.4, 0.5) is 0 Å². The first-order valence-corrected chi connectivity index (χ1v) is 7.60. The minimum absolute atomic E-state index is 0. The average Bonchev–Trinajstić information content (AvgIpc) is 2.35. The van der Waals surface area contributed by atoms with E-state index in [2.05, 4.69) is 27.2 Å². The monoisotopic (exact) mass is 402 g/mol. The van der Waals surface area contributed by atoms with Gasteiger partial charge in [0.1, 0.15) is 0 Å². The summed E-state index contributed by atoms with van der Waals surface area (Å²) in [6.45, 7) is 7.94. The van der Waals surface area contributed by atoms with Crippen molar-refractivity contribution in [1.82, 2.24) is 16.0 Å². The average molecular weight is 402 g/mol. The molecule has 0 aromatic rings. The fourth-order valence-corrected chi connectivity index (χ4v) is 1.61. The van der Waals surface area contributed by atoms with Crippen LogP contribution in [0.15, 0.2) is 4.99 Å². The third-order valence-corrected chi connectivity index (χ3v) is 3.03. The number of nitrogens with zero attached hydrogens (tertiary/aromatic N) is 1. The summed E-state index contributed by atoms with van der Waals surface area (Å²) < 4.78 is 0. The van der Waals surface area contributed by atoms with Crippen LogP contribution in [0.2, 0.25) is 0 Å². The van der Waals surface area contributed by atoms with Gasteiger partial charge in [-0.3, -0.25) is 9.79 Å². The number of carbonyl (C=O) groups is 1. The summed E-state index contributed by atoms with van der Waals surface area (Å²) in [7, 11) is 1.65. The van der Waals surface area contributed by atoms with Crippen molar-refractivity contribution in [2.75, 3.05) is 38.7 Å². The van der Waals surface area contributed by atoms with Crippen molar-refractivity contribution < 1.29 is 4.79 Å². The number of hydrogen-bond donors (Lipinski definition) is 3. The standard InChI is InChI=1S/C12H26N4OS.HI/c1-6-14-11(15-7-8-18-5)16-9-12(2,3)10(17)13-4;/h6-9H2,1-5H3,(H,13,17)(H2,14,15,16);1H. The van der Waals surface area contributed by atoms with Gasteiger partial charge < -0.3 is 16.0 Å². The quantitative estimate of drug-likeness (QED) is 0.260. The smallest absolute Gasteiger partial charge is 0.227 e. The minimum atomic E-state index is -0.489. The summed E-state index contributed by atoms with van der Waals surface area (Å²) in [6.07, 6.45) is 2.07. The van der Waals surface area contributed by atoms with Gasteiger partial charge in [0.15, 0.2) is 5.96 Å². The summed E-state index contributed by atoms with van der Waals surface area (Å²) in [5, 5.41) is 9.07. The number of thioether (sulfide) groups is 1. The minimum Gasteiger partial charge on any atom is -0.359 e. The molecule has 0 aromatic carbocycles. The molecule has 0 bridgehead atoms. The molecule has 0 aliphatic rings. The lowest BCUT2D eigenvalue weighted by Crippen LogP contribution is -2.41. The second-order valence-corrected chi connectivity index (χ2v) is 5.56. The molecular formula is C12H27IN4OS. The number of aliphatic imine (C=N–C) groups is 1. The van der Waals surface area contributed by atoms with Gasteiger partial charge in [-0.2, -0.15) is 11.8 Å². The van der Waals surface area contributed by atoms with Crippen molar-refractivity contribution in [3.05, 3.63) is 0 Å². The van der Waals surface area contributed by atoms with Crippen molar-refractivity contribution in [1.29, 1.82) is 0 Å². The first kappa shape index (κ1) is 21.1. The van der Waals surface area contributed by atoms with Crippen LogP contribution in [-0.4, -0.2) is 50.6 Å². The third kappa shape index (κ3) is 9.37. The lowest BCUT2D eigenvalue weighted by atomic mass is 9.93. The van der Waals surface area contributed by atoms with Crippen molar-refractivity contribution in [3.63, 3.8) is 0 Å². The molecule has 19 heavy (non-hydrogen) atoms. The molecular weight excluding hydrogens is 375 g/mol. The summed E-state index contributed by atoms with van der Waals surface area (Å²) in [5.41, 5.74) is -0.489. The molecule has 0 unspecified atom stereocenters. The molecule has 114 valence electrons. The second kappa shape index (κ2) is 11.6. The SMILES string of the molecule is CCNC(=NCC(C)(C)C(=O)NC)NCCSC.I. The maximum absolute atomic E-state index is 11.6. The van der Waals surface area contributed by atoms with Crippen molar-refractivity contribution in [3.8, 4) is 0 Å². The normalized spacial score (nSPS) is 11.5. The fourth-order valence-electron chi connectivity index (χ4n) is 1.30. The molecule has 0 fully saturated rings. The van der Waals surface area contributed by atoms with E-state index in [4.69, 9.17) is 0 Å². The topological polar surface area (TPSA) is 65.5 Å². The van der Waals surface area contributed by atoms with Crippen molar-refractivity contribution in [2.45, 2.75) is 20.8 Å². The zero-order chi connectivity index (χ0) is 14.0. The number of amides is 1. The summed E-state index contributed by atoms with van der Waals surface area (Å²) in [4.78, 5) is 16.1. The molecule has 0 aromatic heterocycles. The molecule has 0 saturated carbocycles. The Labute approximate surface area is 138 Å². The zero-order valence-corrected chi connectivity index (χ0v) is 15.6. The van der Waals surface area contributed by atoms with Crippen LogP contribution in [0.3, 0.4) is 0 Å². The molecule has 0 spiro atoms. The molecule has 5 nitrogen and oxygen atoms in total. The van der Waals surface area contributed by atoms with Crippen LogP contribution in [-0.2, 0) is 4.79 Å². The van der Waals surface area contributed by atoms with Crippen LogP contribution in [0.25, 0.3) is 0 Å². The van der Waals surface area contributed by atoms with Gasteiger partial charge in [0.2, 0.25) is 5.91 Å². The molecule has 1 amide bonds. The Morgan fingerprint density at radius 3 is 2.42 bits per heavy atom. The molecule has 0 saturated heterocycles. The number of halogens is 1. The van der Waals surface area contributed by atoms with E-state index in [1.54, 1.807) is 18.8 Å². The molecule has 0 rings (SSSR count). The highest BCUT2D eigenvalue weighted by Gasteiger charge is 2.26. The Hall–Kier alpha value is -0.180. The van der Waals surface area contributed by atoms with Gasteiger partial charge in [0.25, 0.3) is 0 Å². The van der Waals surface area contributed by atoms with Crippen LogP contribution >= 0.6 is 35.7 Å². The Morgan fingerprint density at radius 1 is 1.32 bits per heavy atom. The molecule has 0 aliphatic carbocycles. The van der Waals surface area contributed by atoms with E-state index in [1.807, 2.05) is 20.8 Å². The largest absolute Gasteiger partial charge is 0.359 e. The molecule has 0 heterocycles. The van der Waals surface area contributed by atoms with E-state index < -0.39 is 5.41 Å². The maximum Gasteiger partial charge on any atom is 0.227 e. The van der Waals surface area contributed by atoms with Gasteiger partial charge >= 0.3 is 0 Å². The van der Waals surface area contributed by atoms with Crippen LogP contribution in [0.1, 0.15) is 20.8 Å². The highest BCUT2D eigenvalue weighted by molar-refractivity contribution is 14.0. The van der Waals surface area contributed by atoms with Gasteiger partial charge in [-0.05, 0) is 27.0 Å². The summed E-state index contributed by atoms with van der Waals surface area (Å²) in [5.74, 6) is 1.80. The van der Waals surface area contributed by atoms with Gasteiger partial charge in [0.05, 0.1) is 12.0 Å². The van der Waals surface area contributed by atoms with Crippen LogP contribution in [0, 0.1) is 5.41 Å². The number of rotatable bonds is 7. The van der Waals surface area contributed by atoms with Gasteiger partial charge in [-0.1, -0.05) is 0 Å². The lowest BCUT2D eigenvalue weighted by molar-refractivity contribution is -0.128. The molecule has 0 radical (unpaired) electrons. The molecule has 7 heteroatoms. The highest BCUT2D eigenvalue weighted by atomic mass is 127. The predicted molar refractivity (Wildman–Crippen MR) is 95.6 cm³/mol. The van der Waals surface area contributed by atoms with E-state index >= 15 is 0 Å². The second-order valence-electron chi connectivity index (χ2n) is 4.58. The van der Waals surface area contributed by atoms with Gasteiger partial charge in [0, 0.05) is 25.9 Å². The zero-order valence-electron chi connectivity index (χ0n) is 12.5. The Morgan fingerprint density at radius 2 is 1.95 bits per heavy atom. The van der Waals surface area contributed by atoms with Crippen molar-refractivity contribution >= 4 is 47.6 Å². The predicted octanol–water partition coefficient (Wildman–Crippen LogP) is 1.29. The summed E-state index contributed by atoms with van der Waals surface area (Å²) >= 11 is 1.78. The molecule has 0 atom stereocenters. The van der Waals surface area contributed by atoms with Crippen LogP contribution < -0.4 is 16.0 Å². The Balaban J connectivity index is 0. The number of hydrogen-bond acceptors (Lipinski definition) is 3. The van der Waals surface area contributed by atoms with Gasteiger partial charge in [-0.15, -0.1) is 24.0 Å². The van der Waals surface area contributed by atoms with Gasteiger partial charge in [-0.25, -0.2) is 0 Å². The summed E-state index contributed by atoms with van der Waals surface area (Å²) in [6, 6.07) is 0. The van der Waals surface area contributed by atoms with E-state index in [1.165, 1.54) is 0 Å². The fraction of sp³-hybridized carbons (Fsp3) is 0.833. The lowest BCUT2D eigenvalue weighted by Gasteiger charge is -2.21. The van der Waals surface area contributed by atoms with E-state index in [0.29, 0.717) is 6.54 Å². The first-order valence-electron chi connectivity index (χ1n) is 6.21. The number of guanidine groups is 1. The van der Waals surface area contributed by atoms with Crippen molar-refractivity contribution in [2.24, 2.45) is 10.4 Å². The van der Waals surface area contributed by atoms with Crippen LogP contribution in [0.5, 0.6) is 0 Å². The van der Waals surface area contributed by atoms with E-state index in [9.17, 15) is 4.79 Å². The molecule has 0 aliphatic heterocycles. The maximum atomic E-state index is 11.6. The van der Waals surface area contributed by atoms with E-state index in [-0.39, 0.29) is 29.9 Å². The first-order chi connectivity index (χ1) is 8.47. The number of carbonyl (C=O) groups excluding carboxylic acids is 1. The third-order valence-electron chi connectivity index (χ3n) is 2.42. The highest BCUT2D eigenvalue weighted by Crippen LogP contribution is 2.15.